The van der Waals surface area contributed by atoms with Crippen molar-refractivity contribution in [3.05, 3.63) is 35.9 Å². The number of hydrogen-bond acceptors (Lipinski definition) is 3. The number of hydrogen-bond donors (Lipinski definition) is 0. The molecule has 5 nitrogen and oxygen atoms in total. The lowest BCUT2D eigenvalue weighted by molar-refractivity contribution is -0.963. The summed E-state index contributed by atoms with van der Waals surface area (Å²) in [6, 6.07) is 9.70. The van der Waals surface area contributed by atoms with Crippen LogP contribution in [0.4, 0.5) is 4.79 Å². The first-order chi connectivity index (χ1) is 11.2. The molecule has 0 radical (unpaired) electrons. The van der Waals surface area contributed by atoms with E-state index in [0.29, 0.717) is 26.1 Å². The Morgan fingerprint density at radius 3 is 2.48 bits per heavy atom. The van der Waals surface area contributed by atoms with E-state index in [1.54, 1.807) is 5.01 Å². The molecule has 1 aromatic carbocycles. The molecule has 124 valence electrons. The zero-order chi connectivity index (χ0) is 16.1. The molecule has 2 aliphatic heterocycles. The highest BCUT2D eigenvalue weighted by atomic mass is 16.6. The van der Waals surface area contributed by atoms with Crippen LogP contribution in [0.5, 0.6) is 0 Å². The van der Waals surface area contributed by atoms with Crippen molar-refractivity contribution >= 4 is 12.0 Å². The minimum absolute atomic E-state index is 0.0751. The zero-order valence-corrected chi connectivity index (χ0v) is 13.6. The third-order valence-electron chi connectivity index (χ3n) is 4.86. The van der Waals surface area contributed by atoms with Crippen LogP contribution in [0.3, 0.4) is 0 Å². The summed E-state index contributed by atoms with van der Waals surface area (Å²) in [5, 5.41) is 1.77. The second-order valence-corrected chi connectivity index (χ2v) is 6.44. The standard InChI is InChI=1S/C18H25N2O3/c21-17-11-5-6-12-19(17)20(13-7-2-8-14-20)18(22)23-15-16-9-3-1-4-10-16/h1,3-4,9-10H,2,5-8,11-15H2/q+1. The van der Waals surface area contributed by atoms with Gasteiger partial charge in [0.15, 0.2) is 0 Å². The van der Waals surface area contributed by atoms with Crippen molar-refractivity contribution in [3.8, 4) is 0 Å². The smallest absolute Gasteiger partial charge is 0.413 e. The molecule has 2 heterocycles. The molecule has 5 heteroatoms. The number of amides is 2. The Balaban J connectivity index is 1.75. The Bertz CT molecular complexity index is 553. The molecule has 0 aliphatic carbocycles. The van der Waals surface area contributed by atoms with Crippen LogP contribution in [-0.4, -0.2) is 41.2 Å². The summed E-state index contributed by atoms with van der Waals surface area (Å²) >= 11 is 0. The van der Waals surface area contributed by atoms with Crippen molar-refractivity contribution in [2.24, 2.45) is 0 Å². The number of quaternary nitrogens is 1. The lowest BCUT2D eigenvalue weighted by Crippen LogP contribution is -2.68. The van der Waals surface area contributed by atoms with Crippen LogP contribution in [0, 0.1) is 0 Å². The third-order valence-corrected chi connectivity index (χ3v) is 4.86. The van der Waals surface area contributed by atoms with Crippen LogP contribution in [0.15, 0.2) is 30.3 Å². The normalized spacial score (nSPS) is 21.0. The van der Waals surface area contributed by atoms with Gasteiger partial charge in [-0.1, -0.05) is 30.3 Å². The van der Waals surface area contributed by atoms with E-state index in [4.69, 9.17) is 4.74 Å². The second-order valence-electron chi connectivity index (χ2n) is 6.44. The Hall–Kier alpha value is -1.88. The molecule has 0 atom stereocenters. The lowest BCUT2D eigenvalue weighted by Gasteiger charge is -2.45. The van der Waals surface area contributed by atoms with Crippen molar-refractivity contribution in [1.82, 2.24) is 5.01 Å². The van der Waals surface area contributed by atoms with E-state index in [1.165, 1.54) is 0 Å². The number of nitrogens with zero attached hydrogens (tertiary/aromatic N) is 2. The summed E-state index contributed by atoms with van der Waals surface area (Å²) < 4.78 is 5.69. The maximum Gasteiger partial charge on any atom is 0.541 e. The molecule has 2 aliphatic rings. The van der Waals surface area contributed by atoms with Gasteiger partial charge in [-0.15, -0.1) is 4.59 Å². The summed E-state index contributed by atoms with van der Waals surface area (Å²) in [5.74, 6) is 0.0924. The number of likely N-dealkylation sites (tertiary alicyclic amines) is 1. The van der Waals surface area contributed by atoms with E-state index in [9.17, 15) is 9.59 Å². The minimum atomic E-state index is -0.274. The first-order valence-electron chi connectivity index (χ1n) is 8.61. The number of carbonyl (C=O) groups excluding carboxylic acids is 2. The Morgan fingerprint density at radius 1 is 1.04 bits per heavy atom. The van der Waals surface area contributed by atoms with Crippen LogP contribution in [0.2, 0.25) is 0 Å². The van der Waals surface area contributed by atoms with Gasteiger partial charge in [0.2, 0.25) is 0 Å². The Labute approximate surface area is 137 Å². The molecular formula is C18H25N2O3+. The fourth-order valence-electron chi connectivity index (χ4n) is 3.59. The minimum Gasteiger partial charge on any atom is -0.413 e. The summed E-state index contributed by atoms with van der Waals surface area (Å²) in [7, 11) is 0. The predicted molar refractivity (Wildman–Crippen MR) is 86.0 cm³/mol. The number of piperidine rings is 2. The SMILES string of the molecule is O=C1CCCCN1[N+]1(C(=O)OCc2ccccc2)CCCCC1. The first-order valence-corrected chi connectivity index (χ1v) is 8.61. The second kappa shape index (κ2) is 7.13. The van der Waals surface area contributed by atoms with E-state index in [1.807, 2.05) is 30.3 Å². The van der Waals surface area contributed by atoms with E-state index < -0.39 is 0 Å². The molecule has 1 aromatic rings. The van der Waals surface area contributed by atoms with Crippen molar-refractivity contribution in [2.75, 3.05) is 19.6 Å². The molecule has 2 fully saturated rings. The summed E-state index contributed by atoms with van der Waals surface area (Å²) in [5.41, 5.74) is 0.973. The molecule has 23 heavy (non-hydrogen) atoms. The molecular weight excluding hydrogens is 292 g/mol. The highest BCUT2D eigenvalue weighted by Gasteiger charge is 2.49. The summed E-state index contributed by atoms with van der Waals surface area (Å²) in [4.78, 5) is 25.3. The fraction of sp³-hybridized carbons (Fsp3) is 0.556. The molecule has 3 rings (SSSR count). The topological polar surface area (TPSA) is 46.6 Å². The quantitative estimate of drug-likeness (QED) is 0.804. The highest BCUT2D eigenvalue weighted by Crippen LogP contribution is 2.28. The van der Waals surface area contributed by atoms with E-state index in [-0.39, 0.29) is 23.2 Å². The molecule has 2 amide bonds. The van der Waals surface area contributed by atoms with Crippen LogP contribution >= 0.6 is 0 Å². The maximum absolute atomic E-state index is 12.9. The average Bonchev–Trinajstić information content (AvgIpc) is 2.61. The van der Waals surface area contributed by atoms with Crippen LogP contribution in [-0.2, 0) is 16.1 Å². The molecule has 0 unspecified atom stereocenters. The Morgan fingerprint density at radius 2 is 1.78 bits per heavy atom. The molecule has 0 saturated carbocycles. The highest BCUT2D eigenvalue weighted by molar-refractivity contribution is 5.77. The first kappa shape index (κ1) is 16.0. The molecule has 0 N–H and O–H groups in total. The van der Waals surface area contributed by atoms with Crippen LogP contribution in [0.1, 0.15) is 44.1 Å². The van der Waals surface area contributed by atoms with E-state index in [2.05, 4.69) is 0 Å². The largest absolute Gasteiger partial charge is 0.541 e. The molecule has 0 bridgehead atoms. The van der Waals surface area contributed by atoms with Gasteiger partial charge in [-0.2, -0.15) is 9.80 Å². The molecule has 0 aromatic heterocycles. The Kier molecular flexibility index (Phi) is 4.96. The monoisotopic (exact) mass is 317 g/mol. The van der Waals surface area contributed by atoms with Gasteiger partial charge in [0.1, 0.15) is 19.7 Å². The molecule has 0 spiro atoms. The van der Waals surface area contributed by atoms with Gasteiger partial charge in [-0.3, -0.25) is 4.79 Å². The number of rotatable bonds is 3. The third kappa shape index (κ3) is 3.39. The number of benzene rings is 1. The van der Waals surface area contributed by atoms with Gasteiger partial charge in [0, 0.05) is 6.42 Å². The van der Waals surface area contributed by atoms with Gasteiger partial charge in [-0.25, -0.2) is 0 Å². The van der Waals surface area contributed by atoms with Gasteiger partial charge in [-0.05, 0) is 37.7 Å². The van der Waals surface area contributed by atoms with Crippen molar-refractivity contribution in [1.29, 1.82) is 0 Å². The van der Waals surface area contributed by atoms with Gasteiger partial charge >= 0.3 is 6.09 Å². The summed E-state index contributed by atoms with van der Waals surface area (Å²) in [6.45, 7) is 2.29. The van der Waals surface area contributed by atoms with Gasteiger partial charge in [0.05, 0.1) is 6.54 Å². The van der Waals surface area contributed by atoms with Gasteiger partial charge in [0.25, 0.3) is 5.91 Å². The number of carbonyl (C=O) groups is 2. The maximum atomic E-state index is 12.9. The van der Waals surface area contributed by atoms with Crippen molar-refractivity contribution < 1.29 is 18.9 Å². The van der Waals surface area contributed by atoms with Gasteiger partial charge < -0.3 is 4.74 Å². The number of ether oxygens (including phenoxy) is 1. The predicted octanol–water partition coefficient (Wildman–Crippen LogP) is 3.25. The zero-order valence-electron chi connectivity index (χ0n) is 13.6. The molecule has 2 saturated heterocycles. The fourth-order valence-corrected chi connectivity index (χ4v) is 3.59. The average molecular weight is 317 g/mol. The van der Waals surface area contributed by atoms with Crippen LogP contribution < -0.4 is 0 Å². The van der Waals surface area contributed by atoms with Crippen molar-refractivity contribution in [2.45, 2.75) is 45.1 Å². The van der Waals surface area contributed by atoms with Crippen molar-refractivity contribution in [3.63, 3.8) is 0 Å². The van der Waals surface area contributed by atoms with E-state index >= 15 is 0 Å². The van der Waals surface area contributed by atoms with E-state index in [0.717, 1.165) is 37.7 Å². The summed E-state index contributed by atoms with van der Waals surface area (Å²) in [6.07, 6.45) is 5.21. The van der Waals surface area contributed by atoms with Crippen LogP contribution in [0.25, 0.3) is 0 Å². The lowest BCUT2D eigenvalue weighted by atomic mass is 10.1.